The molecule has 0 aliphatic heterocycles. The standard InChI is InChI=1S/C36H73N2O8P/c1-3-5-7-9-11-13-15-17-19-27-35(41)37-29-23-21-25-33(39)31-45-47(43,44)46-32-34(40)26-22-24-30-38-36(42)28-20-18-16-14-12-10-8-6-4-2/h33-34,39-40H,3-32H2,1-2H3,(H,37,41)(H,38,42)(H,43,44). The molecule has 2 amide bonds. The predicted octanol–water partition coefficient (Wildman–Crippen LogP) is 8.26. The maximum Gasteiger partial charge on any atom is 0.472 e. The largest absolute Gasteiger partial charge is 0.472 e. The van der Waals surface area contributed by atoms with Gasteiger partial charge in [-0.1, -0.05) is 117 Å². The molecular formula is C36H73N2O8P. The van der Waals surface area contributed by atoms with E-state index in [2.05, 4.69) is 24.5 Å². The fraction of sp³-hybridized carbons (Fsp3) is 0.944. The molecule has 0 rings (SSSR count). The number of nitrogens with one attached hydrogen (secondary N) is 2. The number of hydrogen-bond donors (Lipinski definition) is 5. The van der Waals surface area contributed by atoms with Gasteiger partial charge in [0.15, 0.2) is 0 Å². The van der Waals surface area contributed by atoms with Crippen molar-refractivity contribution in [2.75, 3.05) is 26.3 Å². The van der Waals surface area contributed by atoms with E-state index in [0.29, 0.717) is 64.5 Å². The summed E-state index contributed by atoms with van der Waals surface area (Å²) >= 11 is 0. The minimum atomic E-state index is -4.40. The number of carbonyl (C=O) groups is 2. The summed E-state index contributed by atoms with van der Waals surface area (Å²) in [5, 5.41) is 26.0. The fourth-order valence-corrected chi connectivity index (χ4v) is 6.19. The van der Waals surface area contributed by atoms with Crippen LogP contribution in [-0.4, -0.2) is 65.4 Å². The molecule has 0 bridgehead atoms. The van der Waals surface area contributed by atoms with Crippen LogP contribution in [0.25, 0.3) is 0 Å². The molecule has 0 aromatic heterocycles. The van der Waals surface area contributed by atoms with Crippen LogP contribution < -0.4 is 10.6 Å². The summed E-state index contributed by atoms with van der Waals surface area (Å²) in [4.78, 5) is 33.8. The van der Waals surface area contributed by atoms with E-state index < -0.39 is 20.0 Å². The monoisotopic (exact) mass is 693 g/mol. The van der Waals surface area contributed by atoms with Crippen LogP contribution in [0.1, 0.15) is 181 Å². The maximum absolute atomic E-state index is 12.1. The Morgan fingerprint density at radius 2 is 0.851 bits per heavy atom. The molecule has 5 N–H and O–H groups in total. The lowest BCUT2D eigenvalue weighted by molar-refractivity contribution is -0.122. The van der Waals surface area contributed by atoms with E-state index in [1.165, 1.54) is 89.9 Å². The summed E-state index contributed by atoms with van der Waals surface area (Å²) in [5.74, 6) is 0.118. The van der Waals surface area contributed by atoms with Crippen LogP contribution in [0.5, 0.6) is 0 Å². The number of phosphoric acid groups is 1. The molecule has 0 aliphatic rings. The zero-order valence-corrected chi connectivity index (χ0v) is 31.1. The maximum atomic E-state index is 12.1. The quantitative estimate of drug-likeness (QED) is 0.0325. The lowest BCUT2D eigenvalue weighted by Gasteiger charge is -2.17. The van der Waals surface area contributed by atoms with Crippen molar-refractivity contribution in [1.82, 2.24) is 10.6 Å². The summed E-state index contributed by atoms with van der Waals surface area (Å²) in [6.45, 7) is 4.81. The van der Waals surface area contributed by atoms with E-state index in [1.54, 1.807) is 0 Å². The Hall–Kier alpha value is -1.03. The molecule has 0 heterocycles. The highest BCUT2D eigenvalue weighted by Gasteiger charge is 2.24. The minimum Gasteiger partial charge on any atom is -0.391 e. The van der Waals surface area contributed by atoms with E-state index in [0.717, 1.165) is 25.7 Å². The predicted molar refractivity (Wildman–Crippen MR) is 191 cm³/mol. The lowest BCUT2D eigenvalue weighted by atomic mass is 10.1. The zero-order chi connectivity index (χ0) is 34.9. The van der Waals surface area contributed by atoms with Gasteiger partial charge < -0.3 is 25.7 Å². The third-order valence-electron chi connectivity index (χ3n) is 8.45. The van der Waals surface area contributed by atoms with Crippen molar-refractivity contribution in [2.24, 2.45) is 0 Å². The van der Waals surface area contributed by atoms with Gasteiger partial charge in [0.1, 0.15) is 0 Å². The summed E-state index contributed by atoms with van der Waals surface area (Å²) in [6, 6.07) is 0. The molecule has 2 atom stereocenters. The Labute approximate surface area is 287 Å². The first-order valence-corrected chi connectivity index (χ1v) is 20.7. The van der Waals surface area contributed by atoms with Gasteiger partial charge in [-0.25, -0.2) is 4.57 Å². The van der Waals surface area contributed by atoms with Crippen LogP contribution in [0, 0.1) is 0 Å². The summed E-state index contributed by atoms with van der Waals surface area (Å²) in [5.41, 5.74) is 0. The molecule has 0 spiro atoms. The van der Waals surface area contributed by atoms with Gasteiger partial charge in [0.05, 0.1) is 25.4 Å². The molecule has 47 heavy (non-hydrogen) atoms. The molecule has 0 saturated carbocycles. The first kappa shape index (κ1) is 46.0. The molecule has 0 aromatic rings. The number of phosphoric ester groups is 1. The number of amides is 2. The molecule has 2 unspecified atom stereocenters. The van der Waals surface area contributed by atoms with Gasteiger partial charge in [-0.05, 0) is 51.4 Å². The molecule has 0 radical (unpaired) electrons. The van der Waals surface area contributed by atoms with E-state index in [1.807, 2.05) is 0 Å². The van der Waals surface area contributed by atoms with E-state index >= 15 is 0 Å². The second-order valence-corrected chi connectivity index (χ2v) is 14.7. The molecule has 280 valence electrons. The Morgan fingerprint density at radius 1 is 0.532 bits per heavy atom. The Kier molecular flexibility index (Phi) is 32.7. The topological polar surface area (TPSA) is 154 Å². The number of carbonyl (C=O) groups excluding carboxylic acids is 2. The van der Waals surface area contributed by atoms with Gasteiger partial charge in [0, 0.05) is 25.9 Å². The number of hydrogen-bond acceptors (Lipinski definition) is 7. The summed E-state index contributed by atoms with van der Waals surface area (Å²) in [6.07, 6.45) is 24.6. The third-order valence-corrected chi connectivity index (χ3v) is 9.40. The van der Waals surface area contributed by atoms with Crippen LogP contribution in [-0.2, 0) is 23.2 Å². The highest BCUT2D eigenvalue weighted by atomic mass is 31.2. The smallest absolute Gasteiger partial charge is 0.391 e. The molecular weight excluding hydrogens is 619 g/mol. The van der Waals surface area contributed by atoms with Gasteiger partial charge in [-0.15, -0.1) is 0 Å². The Morgan fingerprint density at radius 3 is 1.19 bits per heavy atom. The van der Waals surface area contributed by atoms with Crippen molar-refractivity contribution in [1.29, 1.82) is 0 Å². The fourth-order valence-electron chi connectivity index (χ4n) is 5.40. The molecule has 10 nitrogen and oxygen atoms in total. The van der Waals surface area contributed by atoms with Gasteiger partial charge >= 0.3 is 7.82 Å². The molecule has 0 saturated heterocycles. The van der Waals surface area contributed by atoms with Crippen molar-refractivity contribution in [3.63, 3.8) is 0 Å². The molecule has 0 aromatic carbocycles. The van der Waals surface area contributed by atoms with Gasteiger partial charge in [-0.2, -0.15) is 0 Å². The van der Waals surface area contributed by atoms with Crippen molar-refractivity contribution >= 4 is 19.6 Å². The van der Waals surface area contributed by atoms with E-state index in [9.17, 15) is 29.3 Å². The van der Waals surface area contributed by atoms with Crippen LogP contribution in [0.15, 0.2) is 0 Å². The van der Waals surface area contributed by atoms with Gasteiger partial charge in [0.25, 0.3) is 0 Å². The first-order valence-electron chi connectivity index (χ1n) is 19.2. The molecule has 0 aliphatic carbocycles. The van der Waals surface area contributed by atoms with Crippen LogP contribution >= 0.6 is 7.82 Å². The lowest BCUT2D eigenvalue weighted by Crippen LogP contribution is -2.24. The Bertz CT molecular complexity index is 715. The third kappa shape index (κ3) is 34.6. The van der Waals surface area contributed by atoms with Gasteiger partial charge in [0.2, 0.25) is 11.8 Å². The van der Waals surface area contributed by atoms with Crippen molar-refractivity contribution < 1.29 is 38.3 Å². The zero-order valence-electron chi connectivity index (χ0n) is 30.2. The van der Waals surface area contributed by atoms with Crippen molar-refractivity contribution in [3.05, 3.63) is 0 Å². The summed E-state index contributed by atoms with van der Waals surface area (Å²) < 4.78 is 21.9. The number of aliphatic hydroxyl groups is 2. The first-order chi connectivity index (χ1) is 22.7. The normalized spacial score (nSPS) is 14.1. The van der Waals surface area contributed by atoms with E-state index in [4.69, 9.17) is 9.05 Å². The number of unbranched alkanes of at least 4 members (excludes halogenated alkanes) is 18. The number of rotatable bonds is 36. The second kappa shape index (κ2) is 33.5. The molecule has 0 fully saturated rings. The average Bonchev–Trinajstić information content (AvgIpc) is 3.04. The second-order valence-electron chi connectivity index (χ2n) is 13.2. The summed E-state index contributed by atoms with van der Waals surface area (Å²) in [7, 11) is -4.40. The van der Waals surface area contributed by atoms with Crippen LogP contribution in [0.4, 0.5) is 0 Å². The number of aliphatic hydroxyl groups excluding tert-OH is 2. The van der Waals surface area contributed by atoms with Crippen molar-refractivity contribution in [3.8, 4) is 0 Å². The highest BCUT2D eigenvalue weighted by molar-refractivity contribution is 7.47. The highest BCUT2D eigenvalue weighted by Crippen LogP contribution is 2.43. The van der Waals surface area contributed by atoms with E-state index in [-0.39, 0.29) is 25.0 Å². The Balaban J connectivity index is 3.67. The van der Waals surface area contributed by atoms with Gasteiger partial charge in [-0.3, -0.25) is 18.6 Å². The van der Waals surface area contributed by atoms with Crippen LogP contribution in [0.2, 0.25) is 0 Å². The average molecular weight is 693 g/mol. The molecule has 11 heteroatoms. The van der Waals surface area contributed by atoms with Crippen LogP contribution in [0.3, 0.4) is 0 Å². The van der Waals surface area contributed by atoms with Crippen molar-refractivity contribution in [2.45, 2.75) is 193 Å². The SMILES string of the molecule is CCCCCCCCCCCC(=O)NCCCCC(O)COP(=O)(O)OCC(O)CCCCNC(=O)CCCCCCCCCCC. The minimum absolute atomic E-state index is 0.0590.